The number of allylic oxidation sites excluding steroid dienone is 1. The van der Waals surface area contributed by atoms with E-state index in [1.807, 2.05) is 0 Å². The molecule has 3 saturated carbocycles. The van der Waals surface area contributed by atoms with Crippen LogP contribution in [0.1, 0.15) is 84.5 Å². The third-order valence-corrected chi connectivity index (χ3v) is 10.5. The average Bonchev–Trinajstić information content (AvgIpc) is 3.15. The first-order chi connectivity index (χ1) is 13.4. The summed E-state index contributed by atoms with van der Waals surface area (Å²) in [5.41, 5.74) is 2.36. The first kappa shape index (κ1) is 18.4. The van der Waals surface area contributed by atoms with E-state index in [2.05, 4.69) is 19.9 Å². The molecule has 6 rings (SSSR count). The van der Waals surface area contributed by atoms with Gasteiger partial charge in [0, 0.05) is 12.8 Å². The third-order valence-electron chi connectivity index (χ3n) is 10.5. The van der Waals surface area contributed by atoms with Crippen molar-refractivity contribution in [3.8, 4) is 0 Å². The topological polar surface area (TPSA) is 38.7 Å². The lowest BCUT2D eigenvalue weighted by Gasteiger charge is -2.58. The standard InChI is InChI=1S/C25H38O3/c1-23-10-7-17(26)13-16(23)5-6-18-19(23)8-11-24(2)20(18)14-22-21(24)15-25(28-22)9-3-4-12-27-25/h5,17-22,26H,3-4,6-15H2,1-2H3/t17-,18+,19-,20-,21-,22-,23-,24-,25-/m0/s1. The normalized spacial score (nSPS) is 57.9. The summed E-state index contributed by atoms with van der Waals surface area (Å²) in [6, 6.07) is 0. The van der Waals surface area contributed by atoms with Gasteiger partial charge in [-0.1, -0.05) is 25.5 Å². The summed E-state index contributed by atoms with van der Waals surface area (Å²) in [6.07, 6.45) is 15.9. The summed E-state index contributed by atoms with van der Waals surface area (Å²) in [4.78, 5) is 0. The van der Waals surface area contributed by atoms with Crippen LogP contribution in [0.4, 0.5) is 0 Å². The number of aliphatic hydroxyl groups excluding tert-OH is 1. The molecule has 28 heavy (non-hydrogen) atoms. The third kappa shape index (κ3) is 2.39. The lowest BCUT2D eigenvalue weighted by molar-refractivity contribution is -0.247. The monoisotopic (exact) mass is 386 g/mol. The Bertz CT molecular complexity index is 679. The highest BCUT2D eigenvalue weighted by Gasteiger charge is 2.65. The summed E-state index contributed by atoms with van der Waals surface area (Å²) >= 11 is 0. The number of fused-ring (bicyclic) bond motifs is 7. The van der Waals surface area contributed by atoms with Gasteiger partial charge < -0.3 is 14.6 Å². The molecular weight excluding hydrogens is 348 g/mol. The minimum Gasteiger partial charge on any atom is -0.393 e. The highest BCUT2D eigenvalue weighted by molar-refractivity contribution is 5.26. The molecular formula is C25H38O3. The Kier molecular flexibility index (Phi) is 3.99. The van der Waals surface area contributed by atoms with Crippen molar-refractivity contribution in [3.63, 3.8) is 0 Å². The molecule has 0 unspecified atom stereocenters. The molecule has 0 amide bonds. The fraction of sp³-hybridized carbons (Fsp3) is 0.920. The van der Waals surface area contributed by atoms with E-state index < -0.39 is 0 Å². The summed E-state index contributed by atoms with van der Waals surface area (Å²) in [5.74, 6) is 2.91. The number of ether oxygens (including phenoxy) is 2. The molecule has 156 valence electrons. The number of hydrogen-bond donors (Lipinski definition) is 1. The molecule has 0 aromatic heterocycles. The molecule has 2 heterocycles. The predicted molar refractivity (Wildman–Crippen MR) is 109 cm³/mol. The van der Waals surface area contributed by atoms with Crippen molar-refractivity contribution < 1.29 is 14.6 Å². The van der Waals surface area contributed by atoms with E-state index in [0.29, 0.717) is 22.9 Å². The van der Waals surface area contributed by atoms with Gasteiger partial charge in [-0.25, -0.2) is 0 Å². The van der Waals surface area contributed by atoms with Gasteiger partial charge >= 0.3 is 0 Å². The second-order valence-electron chi connectivity index (χ2n) is 11.6. The zero-order chi connectivity index (χ0) is 19.1. The number of aliphatic hydroxyl groups is 1. The van der Waals surface area contributed by atoms with Crippen LogP contribution in [0.3, 0.4) is 0 Å². The Labute approximate surface area is 170 Å². The molecule has 3 heteroatoms. The molecule has 5 fully saturated rings. The molecule has 0 bridgehead atoms. The fourth-order valence-electron chi connectivity index (χ4n) is 8.97. The zero-order valence-electron chi connectivity index (χ0n) is 17.8. The van der Waals surface area contributed by atoms with Crippen LogP contribution in [0.25, 0.3) is 0 Å². The molecule has 4 aliphatic carbocycles. The van der Waals surface area contributed by atoms with Crippen LogP contribution in [0.5, 0.6) is 0 Å². The SMILES string of the molecule is C[C@]12CC[C@H]3[C@@H](CC=C4C[C@@H](O)CC[C@@]43C)[C@@H]1C[C@@H]1O[C@@]3(CCCCO3)C[C@@H]12. The molecule has 3 nitrogen and oxygen atoms in total. The lowest BCUT2D eigenvalue weighted by Crippen LogP contribution is -2.50. The van der Waals surface area contributed by atoms with Crippen molar-refractivity contribution >= 4 is 0 Å². The summed E-state index contributed by atoms with van der Waals surface area (Å²) in [7, 11) is 0. The molecule has 6 aliphatic rings. The molecule has 0 aromatic carbocycles. The lowest BCUT2D eigenvalue weighted by atomic mass is 9.47. The molecule has 0 radical (unpaired) electrons. The van der Waals surface area contributed by atoms with Gasteiger partial charge in [0.15, 0.2) is 5.79 Å². The van der Waals surface area contributed by atoms with E-state index in [1.165, 1.54) is 44.9 Å². The molecule has 0 aromatic rings. The van der Waals surface area contributed by atoms with Crippen LogP contribution in [0.15, 0.2) is 11.6 Å². The Morgan fingerprint density at radius 3 is 2.75 bits per heavy atom. The Morgan fingerprint density at radius 2 is 1.93 bits per heavy atom. The van der Waals surface area contributed by atoms with Crippen LogP contribution in [0.2, 0.25) is 0 Å². The second-order valence-corrected chi connectivity index (χ2v) is 11.6. The van der Waals surface area contributed by atoms with Gasteiger partial charge in [-0.2, -0.15) is 0 Å². The Balaban J connectivity index is 1.28. The van der Waals surface area contributed by atoms with Crippen LogP contribution < -0.4 is 0 Å². The predicted octanol–water partition coefficient (Wildman–Crippen LogP) is 5.22. The van der Waals surface area contributed by atoms with Crippen molar-refractivity contribution in [2.24, 2.45) is 34.5 Å². The van der Waals surface area contributed by atoms with Crippen molar-refractivity contribution in [2.45, 2.75) is 102 Å². The molecule has 2 saturated heterocycles. The summed E-state index contributed by atoms with van der Waals surface area (Å²) in [6.45, 7) is 6.03. The van der Waals surface area contributed by atoms with Gasteiger partial charge in [-0.15, -0.1) is 0 Å². The summed E-state index contributed by atoms with van der Waals surface area (Å²) < 4.78 is 13.0. The fourth-order valence-corrected chi connectivity index (χ4v) is 8.97. The van der Waals surface area contributed by atoms with Crippen molar-refractivity contribution in [2.75, 3.05) is 6.61 Å². The number of hydrogen-bond acceptors (Lipinski definition) is 3. The smallest absolute Gasteiger partial charge is 0.169 e. The van der Waals surface area contributed by atoms with E-state index in [9.17, 15) is 5.11 Å². The van der Waals surface area contributed by atoms with Crippen molar-refractivity contribution in [3.05, 3.63) is 11.6 Å². The van der Waals surface area contributed by atoms with Gasteiger partial charge in [0.05, 0.1) is 18.8 Å². The largest absolute Gasteiger partial charge is 0.393 e. The molecule has 9 atom stereocenters. The Morgan fingerprint density at radius 1 is 1.04 bits per heavy atom. The minimum absolute atomic E-state index is 0.101. The van der Waals surface area contributed by atoms with Crippen LogP contribution >= 0.6 is 0 Å². The average molecular weight is 387 g/mol. The van der Waals surface area contributed by atoms with Gasteiger partial charge in [-0.3, -0.25) is 0 Å². The van der Waals surface area contributed by atoms with Gasteiger partial charge in [0.2, 0.25) is 0 Å². The van der Waals surface area contributed by atoms with Gasteiger partial charge in [-0.05, 0) is 92.3 Å². The van der Waals surface area contributed by atoms with Crippen molar-refractivity contribution in [1.82, 2.24) is 0 Å². The van der Waals surface area contributed by atoms with E-state index in [0.717, 1.165) is 50.0 Å². The highest BCUT2D eigenvalue weighted by atomic mass is 16.7. The maximum absolute atomic E-state index is 10.2. The van der Waals surface area contributed by atoms with Crippen molar-refractivity contribution in [1.29, 1.82) is 0 Å². The van der Waals surface area contributed by atoms with Crippen LogP contribution in [-0.4, -0.2) is 29.7 Å². The zero-order valence-corrected chi connectivity index (χ0v) is 17.8. The van der Waals surface area contributed by atoms with Gasteiger partial charge in [0.25, 0.3) is 0 Å². The first-order valence-electron chi connectivity index (χ1n) is 12.1. The van der Waals surface area contributed by atoms with E-state index in [1.54, 1.807) is 5.57 Å². The van der Waals surface area contributed by atoms with E-state index in [-0.39, 0.29) is 11.9 Å². The highest BCUT2D eigenvalue weighted by Crippen LogP contribution is 2.69. The quantitative estimate of drug-likeness (QED) is 0.580. The minimum atomic E-state index is -0.233. The second kappa shape index (κ2) is 6.08. The van der Waals surface area contributed by atoms with Crippen LogP contribution in [-0.2, 0) is 9.47 Å². The molecule has 1 spiro atoms. The van der Waals surface area contributed by atoms with E-state index in [4.69, 9.17) is 9.47 Å². The molecule has 2 aliphatic heterocycles. The maximum atomic E-state index is 10.2. The van der Waals surface area contributed by atoms with Gasteiger partial charge in [0.1, 0.15) is 0 Å². The molecule has 1 N–H and O–H groups in total. The van der Waals surface area contributed by atoms with E-state index >= 15 is 0 Å². The Hall–Kier alpha value is -0.380. The first-order valence-corrected chi connectivity index (χ1v) is 12.1. The number of rotatable bonds is 0. The maximum Gasteiger partial charge on any atom is 0.169 e. The van der Waals surface area contributed by atoms with Crippen LogP contribution in [0, 0.1) is 34.5 Å². The summed E-state index contributed by atoms with van der Waals surface area (Å²) in [5, 5.41) is 10.2.